The molecule has 0 N–H and O–H groups in total. The van der Waals surface area contributed by atoms with Gasteiger partial charge in [0.15, 0.2) is 0 Å². The molecule has 0 bridgehead atoms. The lowest BCUT2D eigenvalue weighted by molar-refractivity contribution is 0.0865. The second kappa shape index (κ2) is 4.55. The molecule has 1 aromatic carbocycles. The highest BCUT2D eigenvalue weighted by molar-refractivity contribution is 14.1. The number of benzene rings is 1. The van der Waals surface area contributed by atoms with E-state index in [1.807, 2.05) is 22.6 Å². The molecule has 0 aliphatic carbocycles. The molecule has 0 spiro atoms. The van der Waals surface area contributed by atoms with Crippen molar-refractivity contribution in [3.63, 3.8) is 0 Å². The molecular weight excluding hydrogens is 393 g/mol. The molecule has 2 heterocycles. The van der Waals surface area contributed by atoms with E-state index in [2.05, 4.69) is 5.10 Å². The summed E-state index contributed by atoms with van der Waals surface area (Å²) in [4.78, 5) is 12.3. The second-order valence-corrected chi connectivity index (χ2v) is 7.56. The van der Waals surface area contributed by atoms with Gasteiger partial charge in [0.05, 0.1) is 18.3 Å². The van der Waals surface area contributed by atoms with Crippen molar-refractivity contribution in [2.24, 2.45) is 7.05 Å². The summed E-state index contributed by atoms with van der Waals surface area (Å²) in [7, 11) is -2.03. The van der Waals surface area contributed by atoms with Gasteiger partial charge in [0.2, 0.25) is 0 Å². The molecule has 8 heteroatoms. The first-order valence-electron chi connectivity index (χ1n) is 5.74. The Labute approximate surface area is 129 Å². The van der Waals surface area contributed by atoms with Crippen LogP contribution in [0.5, 0.6) is 0 Å². The summed E-state index contributed by atoms with van der Waals surface area (Å²) in [6, 6.07) is 4.80. The van der Waals surface area contributed by atoms with E-state index in [1.165, 1.54) is 6.07 Å². The van der Waals surface area contributed by atoms with Gasteiger partial charge < -0.3 is 0 Å². The van der Waals surface area contributed by atoms with Gasteiger partial charge in [-0.3, -0.25) is 9.48 Å². The zero-order valence-electron chi connectivity index (χ0n) is 10.4. The summed E-state index contributed by atoms with van der Waals surface area (Å²) < 4.78 is 28.1. The predicted molar refractivity (Wildman–Crippen MR) is 79.4 cm³/mol. The molecular formula is C12H10IN3O3S. The maximum absolute atomic E-state index is 12.4. The van der Waals surface area contributed by atoms with E-state index in [0.29, 0.717) is 5.56 Å². The van der Waals surface area contributed by atoms with Crippen LogP contribution in [0, 0.1) is 3.57 Å². The Morgan fingerprint density at radius 2 is 2.10 bits per heavy atom. The van der Waals surface area contributed by atoms with Crippen LogP contribution in [0.3, 0.4) is 0 Å². The van der Waals surface area contributed by atoms with Crippen molar-refractivity contribution < 1.29 is 13.2 Å². The van der Waals surface area contributed by atoms with Gasteiger partial charge >= 0.3 is 0 Å². The van der Waals surface area contributed by atoms with E-state index in [-0.39, 0.29) is 17.0 Å². The van der Waals surface area contributed by atoms with Crippen LogP contribution in [0.15, 0.2) is 35.5 Å². The SMILES string of the molecule is Cn1cc(CN2C(=O)c3ccc(I)cc3S2(=O)=O)cn1. The molecule has 0 unspecified atom stereocenters. The number of carbonyl (C=O) groups is 1. The number of halogens is 1. The number of fused-ring (bicyclic) bond motifs is 1. The predicted octanol–water partition coefficient (Wildman–Crippen LogP) is 1.37. The van der Waals surface area contributed by atoms with E-state index in [0.717, 1.165) is 7.88 Å². The van der Waals surface area contributed by atoms with Gasteiger partial charge in [-0.25, -0.2) is 12.7 Å². The fourth-order valence-corrected chi connectivity index (χ4v) is 4.41. The lowest BCUT2D eigenvalue weighted by Crippen LogP contribution is -2.29. The normalized spacial score (nSPS) is 16.5. The third kappa shape index (κ3) is 2.03. The number of hydrogen-bond donors (Lipinski definition) is 0. The molecule has 2 aromatic rings. The molecule has 3 rings (SSSR count). The smallest absolute Gasteiger partial charge is 0.269 e. The molecule has 0 atom stereocenters. The number of hydrogen-bond acceptors (Lipinski definition) is 4. The fourth-order valence-electron chi connectivity index (χ4n) is 2.12. The van der Waals surface area contributed by atoms with Crippen molar-refractivity contribution >= 4 is 38.5 Å². The highest BCUT2D eigenvalue weighted by Crippen LogP contribution is 2.32. The molecule has 1 aliphatic rings. The van der Waals surface area contributed by atoms with E-state index in [9.17, 15) is 13.2 Å². The average Bonchev–Trinajstić information content (AvgIpc) is 2.86. The van der Waals surface area contributed by atoms with Crippen LogP contribution in [0.4, 0.5) is 0 Å². The van der Waals surface area contributed by atoms with Crippen molar-refractivity contribution in [1.82, 2.24) is 14.1 Å². The molecule has 20 heavy (non-hydrogen) atoms. The summed E-state index contributed by atoms with van der Waals surface area (Å²) in [5.74, 6) is -0.486. The summed E-state index contributed by atoms with van der Waals surface area (Å²) in [6.07, 6.45) is 3.24. The van der Waals surface area contributed by atoms with Crippen LogP contribution in [0.25, 0.3) is 0 Å². The van der Waals surface area contributed by atoms with E-state index >= 15 is 0 Å². The maximum atomic E-state index is 12.4. The Balaban J connectivity index is 2.05. The highest BCUT2D eigenvalue weighted by Gasteiger charge is 2.41. The molecule has 1 aliphatic heterocycles. The van der Waals surface area contributed by atoms with Gasteiger partial charge in [0.25, 0.3) is 15.9 Å². The van der Waals surface area contributed by atoms with Gasteiger partial charge in [0.1, 0.15) is 4.90 Å². The lowest BCUT2D eigenvalue weighted by atomic mass is 10.2. The van der Waals surface area contributed by atoms with Crippen LogP contribution < -0.4 is 0 Å². The zero-order chi connectivity index (χ0) is 14.5. The molecule has 104 valence electrons. The second-order valence-electron chi connectivity index (χ2n) is 4.48. The van der Waals surface area contributed by atoms with E-state index in [1.54, 1.807) is 36.3 Å². The molecule has 6 nitrogen and oxygen atoms in total. The van der Waals surface area contributed by atoms with E-state index in [4.69, 9.17) is 0 Å². The minimum absolute atomic E-state index is 0.000264. The number of aryl methyl sites for hydroxylation is 1. The number of nitrogens with zero attached hydrogens (tertiary/aromatic N) is 3. The molecule has 0 radical (unpaired) electrons. The van der Waals surface area contributed by atoms with Crippen LogP contribution >= 0.6 is 22.6 Å². The van der Waals surface area contributed by atoms with Crippen molar-refractivity contribution in [2.45, 2.75) is 11.4 Å². The topological polar surface area (TPSA) is 72.3 Å². The number of amides is 1. The van der Waals surface area contributed by atoms with Gasteiger partial charge in [-0.05, 0) is 40.8 Å². The minimum Gasteiger partial charge on any atom is -0.275 e. The first-order chi connectivity index (χ1) is 9.39. The van der Waals surface area contributed by atoms with Crippen molar-refractivity contribution in [3.8, 4) is 0 Å². The van der Waals surface area contributed by atoms with Crippen molar-refractivity contribution in [2.75, 3.05) is 0 Å². The first-order valence-corrected chi connectivity index (χ1v) is 8.25. The molecule has 0 fully saturated rings. The molecule has 1 amide bonds. The Hall–Kier alpha value is -1.42. The van der Waals surface area contributed by atoms with Crippen molar-refractivity contribution in [1.29, 1.82) is 0 Å². The Morgan fingerprint density at radius 1 is 1.35 bits per heavy atom. The number of carbonyl (C=O) groups excluding carboxylic acids is 1. The monoisotopic (exact) mass is 403 g/mol. The number of sulfonamides is 1. The number of rotatable bonds is 2. The van der Waals surface area contributed by atoms with Crippen molar-refractivity contribution in [3.05, 3.63) is 45.3 Å². The summed E-state index contributed by atoms with van der Waals surface area (Å²) in [5, 5.41) is 3.98. The van der Waals surface area contributed by atoms with Gasteiger partial charge in [-0.2, -0.15) is 5.10 Å². The average molecular weight is 403 g/mol. The van der Waals surface area contributed by atoms with Gasteiger partial charge in [0, 0.05) is 22.4 Å². The largest absolute Gasteiger partial charge is 0.275 e. The molecule has 0 saturated heterocycles. The Kier molecular flexibility index (Phi) is 3.09. The quantitative estimate of drug-likeness (QED) is 0.711. The third-order valence-electron chi connectivity index (χ3n) is 3.05. The lowest BCUT2D eigenvalue weighted by Gasteiger charge is -2.13. The first kappa shape index (κ1) is 13.6. The summed E-state index contributed by atoms with van der Waals surface area (Å²) in [6.45, 7) is 0.000264. The Bertz CT molecular complexity index is 813. The standard InChI is InChI=1S/C12H10IN3O3S/c1-15-6-8(5-14-15)7-16-12(17)10-3-2-9(13)4-11(10)20(16,18)19/h2-6H,7H2,1H3. The minimum atomic E-state index is -3.77. The van der Waals surface area contributed by atoms with Gasteiger partial charge in [-0.1, -0.05) is 0 Å². The van der Waals surface area contributed by atoms with Crippen LogP contribution in [0.2, 0.25) is 0 Å². The fraction of sp³-hybridized carbons (Fsp3) is 0.167. The molecule has 0 saturated carbocycles. The maximum Gasteiger partial charge on any atom is 0.269 e. The van der Waals surface area contributed by atoms with Gasteiger partial charge in [-0.15, -0.1) is 0 Å². The van der Waals surface area contributed by atoms with Crippen LogP contribution in [0.1, 0.15) is 15.9 Å². The third-order valence-corrected chi connectivity index (χ3v) is 5.49. The Morgan fingerprint density at radius 3 is 2.75 bits per heavy atom. The molecule has 1 aromatic heterocycles. The summed E-state index contributed by atoms with van der Waals surface area (Å²) in [5.41, 5.74) is 0.904. The zero-order valence-corrected chi connectivity index (χ0v) is 13.4. The van der Waals surface area contributed by atoms with E-state index < -0.39 is 15.9 Å². The summed E-state index contributed by atoms with van der Waals surface area (Å²) >= 11 is 2.02. The highest BCUT2D eigenvalue weighted by atomic mass is 127. The van der Waals surface area contributed by atoms with Crippen LogP contribution in [-0.2, 0) is 23.6 Å². The van der Waals surface area contributed by atoms with Crippen LogP contribution in [-0.4, -0.2) is 28.4 Å². The number of aromatic nitrogens is 2.